The molecule has 8 heavy (non-hydrogen) atoms. The van der Waals surface area contributed by atoms with Gasteiger partial charge in [-0.15, -0.1) is 0 Å². The molecule has 0 saturated carbocycles. The Labute approximate surface area is 49.0 Å². The third-order valence-electron chi connectivity index (χ3n) is 0.743. The van der Waals surface area contributed by atoms with Crippen LogP contribution < -0.4 is 0 Å². The first-order valence-corrected chi connectivity index (χ1v) is 2.71. The van der Waals surface area contributed by atoms with Gasteiger partial charge in [0, 0.05) is 6.61 Å². The summed E-state index contributed by atoms with van der Waals surface area (Å²) in [6.45, 7) is 4.71. The summed E-state index contributed by atoms with van der Waals surface area (Å²) in [5.41, 5.74) is 0. The topological polar surface area (TPSA) is 38.7 Å². The number of hydrogen-bond acceptors (Lipinski definition) is 3. The van der Waals surface area contributed by atoms with E-state index in [9.17, 15) is 4.91 Å². The molecule has 0 aromatic carbocycles. The summed E-state index contributed by atoms with van der Waals surface area (Å²) in [7, 11) is 0. The van der Waals surface area contributed by atoms with Crippen molar-refractivity contribution < 1.29 is 4.74 Å². The molecule has 0 aromatic heterocycles. The van der Waals surface area contributed by atoms with Gasteiger partial charge in [0.2, 0.25) is 0 Å². The van der Waals surface area contributed by atoms with E-state index in [1.54, 1.807) is 6.92 Å². The molecule has 0 heterocycles. The number of nitrogens with zero attached hydrogens (tertiary/aromatic N) is 1. The summed E-state index contributed by atoms with van der Waals surface area (Å²) in [6, 6.07) is -0.199. The van der Waals surface area contributed by atoms with Crippen LogP contribution in [0.25, 0.3) is 0 Å². The quantitative estimate of drug-likeness (QED) is 0.518. The average molecular weight is 117 g/mol. The molecule has 0 N–H and O–H groups in total. The summed E-state index contributed by atoms with van der Waals surface area (Å²) < 4.78 is 4.89. The third kappa shape index (κ3) is 3.74. The lowest BCUT2D eigenvalue weighted by molar-refractivity contribution is 0.137. The lowest BCUT2D eigenvalue weighted by atomic mass is 10.4. The van der Waals surface area contributed by atoms with Crippen molar-refractivity contribution in [1.29, 1.82) is 0 Å². The highest BCUT2D eigenvalue weighted by Gasteiger charge is 1.96. The van der Waals surface area contributed by atoms with E-state index in [1.165, 1.54) is 0 Å². The maximum absolute atomic E-state index is 9.68. The standard InChI is InChI=1S/C5H11NO2/c1-3-8-4-5(2)6-7/h5H,3-4H2,1-2H3. The molecule has 0 fully saturated rings. The van der Waals surface area contributed by atoms with Crippen LogP contribution >= 0.6 is 0 Å². The van der Waals surface area contributed by atoms with Gasteiger partial charge in [0.05, 0.1) is 6.61 Å². The molecule has 0 aliphatic heterocycles. The fourth-order valence-corrected chi connectivity index (χ4v) is 0.319. The molecule has 3 heteroatoms. The van der Waals surface area contributed by atoms with Crippen LogP contribution in [0.4, 0.5) is 0 Å². The van der Waals surface area contributed by atoms with Crippen LogP contribution in [-0.4, -0.2) is 19.3 Å². The summed E-state index contributed by atoms with van der Waals surface area (Å²) >= 11 is 0. The minimum atomic E-state index is -0.199. The second-order valence-corrected chi connectivity index (χ2v) is 1.61. The minimum Gasteiger partial charge on any atom is -0.379 e. The summed E-state index contributed by atoms with van der Waals surface area (Å²) in [6.07, 6.45) is 0. The Bertz CT molecular complexity index is 65.4. The molecule has 3 nitrogen and oxygen atoms in total. The smallest absolute Gasteiger partial charge is 0.112 e. The van der Waals surface area contributed by atoms with Crippen molar-refractivity contribution in [2.24, 2.45) is 5.18 Å². The largest absolute Gasteiger partial charge is 0.379 e. The van der Waals surface area contributed by atoms with Gasteiger partial charge in [-0.05, 0) is 13.8 Å². The van der Waals surface area contributed by atoms with Gasteiger partial charge in [-0.1, -0.05) is 5.18 Å². The van der Waals surface area contributed by atoms with Crippen LogP contribution in [0.15, 0.2) is 5.18 Å². The van der Waals surface area contributed by atoms with Crippen molar-refractivity contribution in [3.63, 3.8) is 0 Å². The Hall–Kier alpha value is -0.440. The van der Waals surface area contributed by atoms with E-state index in [2.05, 4.69) is 5.18 Å². The molecule has 0 radical (unpaired) electrons. The van der Waals surface area contributed by atoms with E-state index >= 15 is 0 Å². The van der Waals surface area contributed by atoms with Crippen LogP contribution in [0.5, 0.6) is 0 Å². The highest BCUT2D eigenvalue weighted by atomic mass is 16.5. The van der Waals surface area contributed by atoms with Gasteiger partial charge in [-0.3, -0.25) is 0 Å². The van der Waals surface area contributed by atoms with Gasteiger partial charge >= 0.3 is 0 Å². The number of rotatable bonds is 4. The Morgan fingerprint density at radius 3 is 2.75 bits per heavy atom. The SMILES string of the molecule is CCOCC(C)N=O. The van der Waals surface area contributed by atoms with Crippen LogP contribution in [0, 0.1) is 4.91 Å². The van der Waals surface area contributed by atoms with Gasteiger partial charge in [0.25, 0.3) is 0 Å². The molecule has 0 aromatic rings. The van der Waals surface area contributed by atoms with E-state index in [-0.39, 0.29) is 6.04 Å². The molecule has 48 valence electrons. The number of ether oxygens (including phenoxy) is 1. The fraction of sp³-hybridized carbons (Fsp3) is 1.00. The number of nitroso groups, excluding NO2 is 1. The summed E-state index contributed by atoms with van der Waals surface area (Å²) in [5.74, 6) is 0. The van der Waals surface area contributed by atoms with Crippen molar-refractivity contribution in [3.05, 3.63) is 4.91 Å². The average Bonchev–Trinajstić information content (AvgIpc) is 1.83. The molecule has 1 atom stereocenters. The second-order valence-electron chi connectivity index (χ2n) is 1.61. The Morgan fingerprint density at radius 2 is 2.38 bits per heavy atom. The number of hydrogen-bond donors (Lipinski definition) is 0. The predicted octanol–water partition coefficient (Wildman–Crippen LogP) is 1.18. The fourth-order valence-electron chi connectivity index (χ4n) is 0.319. The van der Waals surface area contributed by atoms with Gasteiger partial charge in [0.1, 0.15) is 6.04 Å². The van der Waals surface area contributed by atoms with Crippen molar-refractivity contribution in [2.75, 3.05) is 13.2 Å². The highest BCUT2D eigenvalue weighted by Crippen LogP contribution is 1.87. The normalized spacial score (nSPS) is 13.2. The van der Waals surface area contributed by atoms with Crippen molar-refractivity contribution in [1.82, 2.24) is 0 Å². The monoisotopic (exact) mass is 117 g/mol. The van der Waals surface area contributed by atoms with Crippen LogP contribution in [0.3, 0.4) is 0 Å². The lowest BCUT2D eigenvalue weighted by Gasteiger charge is -1.99. The van der Waals surface area contributed by atoms with Gasteiger partial charge < -0.3 is 4.74 Å². The lowest BCUT2D eigenvalue weighted by Crippen LogP contribution is -2.07. The molecule has 0 aliphatic carbocycles. The molecule has 0 spiro atoms. The van der Waals surface area contributed by atoms with Crippen LogP contribution in [-0.2, 0) is 4.74 Å². The van der Waals surface area contributed by atoms with E-state index < -0.39 is 0 Å². The predicted molar refractivity (Wildman–Crippen MR) is 31.7 cm³/mol. The van der Waals surface area contributed by atoms with Crippen molar-refractivity contribution in [2.45, 2.75) is 19.9 Å². The zero-order valence-electron chi connectivity index (χ0n) is 5.26. The van der Waals surface area contributed by atoms with Crippen molar-refractivity contribution in [3.8, 4) is 0 Å². The maximum Gasteiger partial charge on any atom is 0.112 e. The zero-order chi connectivity index (χ0) is 6.41. The first kappa shape index (κ1) is 7.56. The van der Waals surface area contributed by atoms with E-state index in [1.807, 2.05) is 6.92 Å². The van der Waals surface area contributed by atoms with E-state index in [0.717, 1.165) is 0 Å². The first-order valence-electron chi connectivity index (χ1n) is 2.71. The molecular weight excluding hydrogens is 106 g/mol. The molecule has 0 amide bonds. The van der Waals surface area contributed by atoms with Gasteiger partial charge in [0.15, 0.2) is 0 Å². The van der Waals surface area contributed by atoms with Crippen molar-refractivity contribution >= 4 is 0 Å². The van der Waals surface area contributed by atoms with E-state index in [4.69, 9.17) is 4.74 Å². The van der Waals surface area contributed by atoms with E-state index in [0.29, 0.717) is 13.2 Å². The Morgan fingerprint density at radius 1 is 1.75 bits per heavy atom. The molecule has 0 rings (SSSR count). The first-order chi connectivity index (χ1) is 3.81. The van der Waals surface area contributed by atoms with Crippen LogP contribution in [0.1, 0.15) is 13.8 Å². The molecular formula is C5H11NO2. The summed E-state index contributed by atoms with van der Waals surface area (Å²) in [5, 5.41) is 2.75. The van der Waals surface area contributed by atoms with Gasteiger partial charge in [-0.25, -0.2) is 0 Å². The minimum absolute atomic E-state index is 0.199. The Balaban J connectivity index is 2.98. The second kappa shape index (κ2) is 4.71. The van der Waals surface area contributed by atoms with Crippen LogP contribution in [0.2, 0.25) is 0 Å². The Kier molecular flexibility index (Phi) is 4.45. The maximum atomic E-state index is 9.68. The highest BCUT2D eigenvalue weighted by molar-refractivity contribution is 4.54. The zero-order valence-corrected chi connectivity index (χ0v) is 5.26. The molecule has 0 saturated heterocycles. The molecule has 0 bridgehead atoms. The molecule has 1 unspecified atom stereocenters. The summed E-state index contributed by atoms with van der Waals surface area (Å²) in [4.78, 5) is 9.68. The third-order valence-corrected chi connectivity index (χ3v) is 0.743. The molecule has 0 aliphatic rings. The van der Waals surface area contributed by atoms with Gasteiger partial charge in [-0.2, -0.15) is 4.91 Å².